The first-order valence-corrected chi connectivity index (χ1v) is 10.6. The van der Waals surface area contributed by atoms with Crippen LogP contribution >= 0.6 is 0 Å². The van der Waals surface area contributed by atoms with Crippen LogP contribution in [-0.4, -0.2) is 26.0 Å². The van der Waals surface area contributed by atoms with E-state index in [4.69, 9.17) is 5.11 Å². The van der Waals surface area contributed by atoms with Gasteiger partial charge in [-0.2, -0.15) is 18.3 Å². The Morgan fingerprint density at radius 1 is 0.941 bits per heavy atom. The Kier molecular flexibility index (Phi) is 6.15. The number of aromatic nitrogens is 2. The van der Waals surface area contributed by atoms with Crippen LogP contribution in [0, 0.1) is 0 Å². The smallest absolute Gasteiger partial charge is 0.418 e. The first-order chi connectivity index (χ1) is 16.2. The van der Waals surface area contributed by atoms with Gasteiger partial charge >= 0.3 is 12.1 Å². The molecule has 0 aliphatic carbocycles. The van der Waals surface area contributed by atoms with E-state index < -0.39 is 17.7 Å². The summed E-state index contributed by atoms with van der Waals surface area (Å²) in [6.07, 6.45) is -4.26. The largest absolute Gasteiger partial charge is 0.508 e. The summed E-state index contributed by atoms with van der Waals surface area (Å²) >= 11 is 0. The maximum absolute atomic E-state index is 13.9. The first kappa shape index (κ1) is 23.1. The monoisotopic (exact) mass is 466 g/mol. The number of nitrogens with zero attached hydrogens (tertiary/aromatic N) is 2. The van der Waals surface area contributed by atoms with E-state index in [-0.39, 0.29) is 17.9 Å². The van der Waals surface area contributed by atoms with Gasteiger partial charge in [-0.05, 0) is 48.4 Å². The molecule has 0 radical (unpaired) electrons. The summed E-state index contributed by atoms with van der Waals surface area (Å²) < 4.78 is 42.9. The average molecular weight is 466 g/mol. The number of aliphatic carboxylic acids is 1. The maximum atomic E-state index is 13.9. The van der Waals surface area contributed by atoms with Gasteiger partial charge < -0.3 is 10.2 Å². The van der Waals surface area contributed by atoms with Crippen molar-refractivity contribution in [2.24, 2.45) is 0 Å². The SMILES string of the molecule is CCc1c(-c2ccc(O)cc2)nn(-c2ccccc2C(F)(F)F)c1-c1ccc(CC(=O)O)cc1. The zero-order valence-electron chi connectivity index (χ0n) is 18.2. The molecule has 8 heteroatoms. The van der Waals surface area contributed by atoms with E-state index in [0.29, 0.717) is 34.5 Å². The highest BCUT2D eigenvalue weighted by Gasteiger charge is 2.35. The van der Waals surface area contributed by atoms with Crippen LogP contribution in [0.5, 0.6) is 5.75 Å². The summed E-state index contributed by atoms with van der Waals surface area (Å²) in [6, 6.07) is 18.3. The molecule has 34 heavy (non-hydrogen) atoms. The number of phenolic OH excluding ortho intramolecular Hbond substituents is 1. The van der Waals surface area contributed by atoms with E-state index in [1.54, 1.807) is 36.4 Å². The Hall–Kier alpha value is -4.07. The van der Waals surface area contributed by atoms with E-state index in [1.165, 1.54) is 35.0 Å². The van der Waals surface area contributed by atoms with Gasteiger partial charge in [0.05, 0.1) is 29.1 Å². The minimum absolute atomic E-state index is 0.0675. The summed E-state index contributed by atoms with van der Waals surface area (Å²) in [7, 11) is 0. The second kappa shape index (κ2) is 9.05. The summed E-state index contributed by atoms with van der Waals surface area (Å²) in [5, 5.41) is 23.3. The zero-order chi connectivity index (χ0) is 24.5. The van der Waals surface area contributed by atoms with Crippen LogP contribution in [-0.2, 0) is 23.8 Å². The predicted molar refractivity (Wildman–Crippen MR) is 122 cm³/mol. The number of carbonyl (C=O) groups is 1. The number of benzene rings is 3. The minimum Gasteiger partial charge on any atom is -0.508 e. The van der Waals surface area contributed by atoms with Crippen LogP contribution < -0.4 is 0 Å². The fraction of sp³-hybridized carbons (Fsp3) is 0.154. The molecule has 5 nitrogen and oxygen atoms in total. The fourth-order valence-electron chi connectivity index (χ4n) is 3.96. The lowest BCUT2D eigenvalue weighted by atomic mass is 9.98. The number of hydrogen-bond donors (Lipinski definition) is 2. The third kappa shape index (κ3) is 4.52. The third-order valence-electron chi connectivity index (χ3n) is 5.50. The van der Waals surface area contributed by atoms with E-state index in [9.17, 15) is 23.1 Å². The second-order valence-corrected chi connectivity index (χ2v) is 7.77. The maximum Gasteiger partial charge on any atom is 0.418 e. The van der Waals surface area contributed by atoms with Crippen molar-refractivity contribution in [3.05, 3.63) is 89.5 Å². The first-order valence-electron chi connectivity index (χ1n) is 10.6. The molecule has 0 amide bonds. The molecule has 3 aromatic carbocycles. The fourth-order valence-corrected chi connectivity index (χ4v) is 3.96. The number of aromatic hydroxyl groups is 1. The Morgan fingerprint density at radius 2 is 1.56 bits per heavy atom. The van der Waals surface area contributed by atoms with E-state index >= 15 is 0 Å². The predicted octanol–water partition coefficient (Wildman–Crippen LogP) is 6.12. The van der Waals surface area contributed by atoms with Crippen molar-refractivity contribution in [2.45, 2.75) is 25.9 Å². The Bertz CT molecular complexity index is 1330. The minimum atomic E-state index is -4.59. The number of carboxylic acid groups (broad SMARTS) is 1. The number of rotatable bonds is 6. The van der Waals surface area contributed by atoms with Gasteiger partial charge in [-0.1, -0.05) is 43.3 Å². The van der Waals surface area contributed by atoms with Crippen molar-refractivity contribution in [3.63, 3.8) is 0 Å². The third-order valence-corrected chi connectivity index (χ3v) is 5.50. The van der Waals surface area contributed by atoms with Crippen LogP contribution in [0.3, 0.4) is 0 Å². The Balaban J connectivity index is 1.99. The number of para-hydroxylation sites is 1. The van der Waals surface area contributed by atoms with Gasteiger partial charge in [0, 0.05) is 16.7 Å². The van der Waals surface area contributed by atoms with Gasteiger partial charge in [-0.3, -0.25) is 4.79 Å². The molecular weight excluding hydrogens is 445 g/mol. The second-order valence-electron chi connectivity index (χ2n) is 7.77. The summed E-state index contributed by atoms with van der Waals surface area (Å²) in [6.45, 7) is 1.89. The standard InChI is InChI=1S/C26H21F3N2O3/c1-2-20-24(17-11-13-19(32)14-12-17)30-31(22-6-4-3-5-21(22)26(27,28)29)25(20)18-9-7-16(8-10-18)15-23(33)34/h3-14,32H,2,15H2,1H3,(H,33,34). The van der Waals surface area contributed by atoms with Crippen LogP contribution in [0.4, 0.5) is 13.2 Å². The molecule has 0 atom stereocenters. The van der Waals surface area contributed by atoms with Crippen molar-refractivity contribution < 1.29 is 28.2 Å². The van der Waals surface area contributed by atoms with Crippen LogP contribution in [0.2, 0.25) is 0 Å². The number of halogens is 3. The molecule has 4 rings (SSSR count). The van der Waals surface area contributed by atoms with E-state index in [2.05, 4.69) is 5.10 Å². The Labute approximate surface area is 193 Å². The van der Waals surface area contributed by atoms with Gasteiger partial charge in [-0.25, -0.2) is 4.68 Å². The highest BCUT2D eigenvalue weighted by atomic mass is 19.4. The molecule has 174 valence electrons. The average Bonchev–Trinajstić information content (AvgIpc) is 3.18. The van der Waals surface area contributed by atoms with E-state index in [1.807, 2.05) is 6.92 Å². The van der Waals surface area contributed by atoms with Gasteiger partial charge in [0.15, 0.2) is 0 Å². The molecule has 0 saturated carbocycles. The van der Waals surface area contributed by atoms with Crippen molar-refractivity contribution in [1.82, 2.24) is 9.78 Å². The lowest BCUT2D eigenvalue weighted by molar-refractivity contribution is -0.138. The molecule has 0 aliphatic rings. The molecular formula is C26H21F3N2O3. The number of phenols is 1. The summed E-state index contributed by atoms with van der Waals surface area (Å²) in [5.74, 6) is -0.904. The highest BCUT2D eigenvalue weighted by molar-refractivity contribution is 5.77. The summed E-state index contributed by atoms with van der Waals surface area (Å²) in [5.41, 5.74) is 2.64. The van der Waals surface area contributed by atoms with Crippen LogP contribution in [0.25, 0.3) is 28.2 Å². The molecule has 0 saturated heterocycles. The van der Waals surface area contributed by atoms with Crippen molar-refractivity contribution in [3.8, 4) is 34.0 Å². The van der Waals surface area contributed by atoms with Gasteiger partial charge in [0.2, 0.25) is 0 Å². The highest BCUT2D eigenvalue weighted by Crippen LogP contribution is 2.39. The lowest BCUT2D eigenvalue weighted by Gasteiger charge is -2.15. The molecule has 0 aliphatic heterocycles. The van der Waals surface area contributed by atoms with Crippen molar-refractivity contribution in [2.75, 3.05) is 0 Å². The normalized spacial score (nSPS) is 11.5. The van der Waals surface area contributed by atoms with Crippen molar-refractivity contribution in [1.29, 1.82) is 0 Å². The van der Waals surface area contributed by atoms with Gasteiger partial charge in [0.1, 0.15) is 5.75 Å². The van der Waals surface area contributed by atoms with E-state index in [0.717, 1.165) is 11.6 Å². The molecule has 2 N–H and O–H groups in total. The van der Waals surface area contributed by atoms with Crippen molar-refractivity contribution >= 4 is 5.97 Å². The molecule has 1 heterocycles. The number of carboxylic acids is 1. The van der Waals surface area contributed by atoms with Gasteiger partial charge in [-0.15, -0.1) is 0 Å². The molecule has 0 spiro atoms. The Morgan fingerprint density at radius 3 is 2.15 bits per heavy atom. The molecule has 0 bridgehead atoms. The van der Waals surface area contributed by atoms with Gasteiger partial charge in [0.25, 0.3) is 0 Å². The van der Waals surface area contributed by atoms with Crippen LogP contribution in [0.1, 0.15) is 23.6 Å². The lowest BCUT2D eigenvalue weighted by Crippen LogP contribution is -2.12. The molecule has 0 unspecified atom stereocenters. The topological polar surface area (TPSA) is 75.4 Å². The molecule has 4 aromatic rings. The summed E-state index contributed by atoms with van der Waals surface area (Å²) in [4.78, 5) is 11.0. The molecule has 0 fully saturated rings. The van der Waals surface area contributed by atoms with Crippen LogP contribution in [0.15, 0.2) is 72.8 Å². The molecule has 1 aromatic heterocycles. The quantitative estimate of drug-likeness (QED) is 0.359. The zero-order valence-corrected chi connectivity index (χ0v) is 18.2. The number of hydrogen-bond acceptors (Lipinski definition) is 3. The number of alkyl halides is 3.